The monoisotopic (exact) mass is 245 g/mol. The molecular formula is C15H23N3. The summed E-state index contributed by atoms with van der Waals surface area (Å²) in [7, 11) is 0. The van der Waals surface area contributed by atoms with Gasteiger partial charge in [0.1, 0.15) is 0 Å². The second-order valence-corrected chi connectivity index (χ2v) is 6.06. The fourth-order valence-corrected chi connectivity index (χ4v) is 3.70. The van der Waals surface area contributed by atoms with E-state index in [-0.39, 0.29) is 5.54 Å². The van der Waals surface area contributed by atoms with Crippen molar-refractivity contribution >= 4 is 0 Å². The number of nitrogens with two attached hydrogens (primary N) is 2. The first-order valence-electron chi connectivity index (χ1n) is 7.17. The van der Waals surface area contributed by atoms with Gasteiger partial charge in [0.05, 0.1) is 0 Å². The number of nitrogens with zero attached hydrogens (tertiary/aromatic N) is 1. The zero-order chi connectivity index (χ0) is 12.6. The molecule has 1 atom stereocenters. The average Bonchev–Trinajstić information content (AvgIpc) is 2.42. The summed E-state index contributed by atoms with van der Waals surface area (Å²) in [6.07, 6.45) is 9.74. The van der Waals surface area contributed by atoms with Crippen LogP contribution >= 0.6 is 0 Å². The zero-order valence-electron chi connectivity index (χ0n) is 10.9. The summed E-state index contributed by atoms with van der Waals surface area (Å²) in [6.45, 7) is 0. The predicted octanol–water partition coefficient (Wildman–Crippen LogP) is 2.10. The van der Waals surface area contributed by atoms with E-state index in [0.29, 0.717) is 12.0 Å². The van der Waals surface area contributed by atoms with Gasteiger partial charge in [-0.05, 0) is 56.6 Å². The van der Waals surface area contributed by atoms with Crippen LogP contribution in [0.15, 0.2) is 18.3 Å². The lowest BCUT2D eigenvalue weighted by atomic mass is 9.67. The first kappa shape index (κ1) is 12.1. The highest BCUT2D eigenvalue weighted by Gasteiger charge is 2.41. The minimum atomic E-state index is -0.0700. The van der Waals surface area contributed by atoms with Crippen LogP contribution < -0.4 is 11.5 Å². The fourth-order valence-electron chi connectivity index (χ4n) is 3.70. The molecule has 2 aliphatic carbocycles. The van der Waals surface area contributed by atoms with Crippen molar-refractivity contribution in [3.63, 3.8) is 0 Å². The van der Waals surface area contributed by atoms with Gasteiger partial charge in [0.25, 0.3) is 0 Å². The molecule has 0 radical (unpaired) electrons. The number of pyridine rings is 1. The van der Waals surface area contributed by atoms with Crippen molar-refractivity contribution in [3.8, 4) is 0 Å². The maximum atomic E-state index is 6.72. The van der Waals surface area contributed by atoms with Crippen LogP contribution in [-0.4, -0.2) is 16.6 Å². The van der Waals surface area contributed by atoms with Gasteiger partial charge in [-0.1, -0.05) is 6.07 Å². The molecule has 18 heavy (non-hydrogen) atoms. The Balaban J connectivity index is 1.89. The van der Waals surface area contributed by atoms with Gasteiger partial charge >= 0.3 is 0 Å². The second kappa shape index (κ2) is 4.63. The van der Waals surface area contributed by atoms with E-state index >= 15 is 0 Å². The molecule has 2 aliphatic rings. The maximum absolute atomic E-state index is 6.72. The van der Waals surface area contributed by atoms with Gasteiger partial charge in [0.2, 0.25) is 0 Å². The van der Waals surface area contributed by atoms with Crippen LogP contribution in [0.25, 0.3) is 0 Å². The molecule has 98 valence electrons. The molecule has 3 heteroatoms. The van der Waals surface area contributed by atoms with Crippen molar-refractivity contribution in [1.29, 1.82) is 0 Å². The quantitative estimate of drug-likeness (QED) is 0.796. The topological polar surface area (TPSA) is 64.9 Å². The van der Waals surface area contributed by atoms with Gasteiger partial charge in [-0.25, -0.2) is 0 Å². The number of aromatic nitrogens is 1. The fraction of sp³-hybridized carbons (Fsp3) is 0.667. The highest BCUT2D eigenvalue weighted by molar-refractivity contribution is 5.29. The third kappa shape index (κ3) is 2.06. The summed E-state index contributed by atoms with van der Waals surface area (Å²) in [6, 6.07) is 4.61. The van der Waals surface area contributed by atoms with Gasteiger partial charge in [-0.3, -0.25) is 4.98 Å². The smallest absolute Gasteiger partial charge is 0.0484 e. The van der Waals surface area contributed by atoms with Crippen molar-refractivity contribution in [1.82, 2.24) is 4.98 Å². The van der Waals surface area contributed by atoms with E-state index in [9.17, 15) is 0 Å². The Labute approximate surface area is 109 Å². The Bertz CT molecular complexity index is 422. The van der Waals surface area contributed by atoms with Crippen molar-refractivity contribution in [2.75, 3.05) is 0 Å². The molecule has 1 heterocycles. The largest absolute Gasteiger partial charge is 0.328 e. The number of aryl methyl sites for hydroxylation is 1. The lowest BCUT2D eigenvalue weighted by molar-refractivity contribution is 0.212. The van der Waals surface area contributed by atoms with Crippen LogP contribution in [0, 0.1) is 0 Å². The van der Waals surface area contributed by atoms with Crippen LogP contribution in [-0.2, 0) is 6.42 Å². The highest BCUT2D eigenvalue weighted by Crippen LogP contribution is 2.43. The second-order valence-electron chi connectivity index (χ2n) is 6.06. The summed E-state index contributed by atoms with van der Waals surface area (Å²) >= 11 is 0. The molecule has 1 saturated carbocycles. The average molecular weight is 245 g/mol. The number of rotatable bonds is 1. The molecule has 1 fully saturated rings. The molecule has 0 aliphatic heterocycles. The van der Waals surface area contributed by atoms with E-state index in [4.69, 9.17) is 11.5 Å². The minimum absolute atomic E-state index is 0.0700. The number of hydrogen-bond donors (Lipinski definition) is 2. The van der Waals surface area contributed by atoms with Crippen molar-refractivity contribution in [2.45, 2.75) is 62.4 Å². The minimum Gasteiger partial charge on any atom is -0.328 e. The summed E-state index contributed by atoms with van der Waals surface area (Å²) in [5.74, 6) is 0.440. The zero-order valence-corrected chi connectivity index (χ0v) is 10.9. The predicted molar refractivity (Wildman–Crippen MR) is 73.3 cm³/mol. The third-order valence-corrected chi connectivity index (χ3v) is 4.85. The van der Waals surface area contributed by atoms with Crippen LogP contribution in [0.4, 0.5) is 0 Å². The van der Waals surface area contributed by atoms with Crippen LogP contribution in [0.2, 0.25) is 0 Å². The van der Waals surface area contributed by atoms with Crippen molar-refractivity contribution in [2.24, 2.45) is 11.5 Å². The SMILES string of the molecule is NC1CCC(N)(C2CCCc3cccnc32)CC1. The van der Waals surface area contributed by atoms with E-state index in [2.05, 4.69) is 11.1 Å². The molecule has 0 bridgehead atoms. The Morgan fingerprint density at radius 1 is 1.22 bits per heavy atom. The molecule has 0 aromatic carbocycles. The van der Waals surface area contributed by atoms with E-state index in [1.54, 1.807) is 0 Å². The molecular weight excluding hydrogens is 222 g/mol. The van der Waals surface area contributed by atoms with E-state index in [1.807, 2.05) is 12.3 Å². The van der Waals surface area contributed by atoms with Gasteiger partial charge < -0.3 is 11.5 Å². The van der Waals surface area contributed by atoms with Gasteiger partial charge in [0.15, 0.2) is 0 Å². The Morgan fingerprint density at radius 2 is 2.00 bits per heavy atom. The van der Waals surface area contributed by atoms with Crippen LogP contribution in [0.5, 0.6) is 0 Å². The summed E-state index contributed by atoms with van der Waals surface area (Å²) < 4.78 is 0. The van der Waals surface area contributed by atoms with E-state index < -0.39 is 0 Å². The van der Waals surface area contributed by atoms with Crippen LogP contribution in [0.1, 0.15) is 55.7 Å². The Morgan fingerprint density at radius 3 is 2.78 bits per heavy atom. The van der Waals surface area contributed by atoms with E-state index in [0.717, 1.165) is 32.1 Å². The summed E-state index contributed by atoms with van der Waals surface area (Å²) in [5, 5.41) is 0. The normalized spacial score (nSPS) is 36.1. The molecule has 4 N–H and O–H groups in total. The molecule has 3 rings (SSSR count). The lowest BCUT2D eigenvalue weighted by Gasteiger charge is -2.44. The summed E-state index contributed by atoms with van der Waals surface area (Å²) in [4.78, 5) is 4.63. The lowest BCUT2D eigenvalue weighted by Crippen LogP contribution is -2.51. The molecule has 1 unspecified atom stereocenters. The van der Waals surface area contributed by atoms with Gasteiger partial charge in [-0.15, -0.1) is 0 Å². The van der Waals surface area contributed by atoms with Gasteiger partial charge in [0, 0.05) is 29.4 Å². The summed E-state index contributed by atoms with van der Waals surface area (Å²) in [5.41, 5.74) is 15.3. The molecule has 3 nitrogen and oxygen atoms in total. The Kier molecular flexibility index (Phi) is 3.12. The molecule has 1 aromatic heterocycles. The highest BCUT2D eigenvalue weighted by atomic mass is 14.8. The van der Waals surface area contributed by atoms with Crippen LogP contribution in [0.3, 0.4) is 0 Å². The third-order valence-electron chi connectivity index (χ3n) is 4.85. The molecule has 0 spiro atoms. The van der Waals surface area contributed by atoms with E-state index in [1.165, 1.54) is 24.1 Å². The van der Waals surface area contributed by atoms with Crippen molar-refractivity contribution in [3.05, 3.63) is 29.6 Å². The molecule has 0 saturated heterocycles. The first-order valence-corrected chi connectivity index (χ1v) is 7.17. The first-order chi connectivity index (χ1) is 8.69. The van der Waals surface area contributed by atoms with Crippen molar-refractivity contribution < 1.29 is 0 Å². The number of fused-ring (bicyclic) bond motifs is 1. The maximum Gasteiger partial charge on any atom is 0.0484 e. The standard InChI is InChI=1S/C15H23N3/c16-12-6-8-15(17,9-7-12)13-5-1-3-11-4-2-10-18-14(11)13/h2,4,10,12-13H,1,3,5-9,16-17H2. The van der Waals surface area contributed by atoms with Gasteiger partial charge in [-0.2, -0.15) is 0 Å². The Hall–Kier alpha value is -0.930. The number of hydrogen-bond acceptors (Lipinski definition) is 3. The molecule has 0 amide bonds. The molecule has 1 aromatic rings.